The van der Waals surface area contributed by atoms with Gasteiger partial charge in [0, 0.05) is 11.9 Å². The summed E-state index contributed by atoms with van der Waals surface area (Å²) in [6.45, 7) is 0. The maximum atomic E-state index is 12.9. The van der Waals surface area contributed by atoms with E-state index in [9.17, 15) is 18.0 Å². The molecular formula is C24H15F3N4O3. The van der Waals surface area contributed by atoms with Gasteiger partial charge in [-0.15, -0.1) is 13.2 Å². The average Bonchev–Trinajstić information content (AvgIpc) is 3.28. The molecule has 0 fully saturated rings. The zero-order valence-electron chi connectivity index (χ0n) is 17.3. The van der Waals surface area contributed by atoms with Gasteiger partial charge in [0.2, 0.25) is 5.88 Å². The number of carbonyl (C=O) groups is 1. The van der Waals surface area contributed by atoms with E-state index in [0.29, 0.717) is 33.2 Å². The van der Waals surface area contributed by atoms with Crippen molar-refractivity contribution in [2.24, 2.45) is 0 Å². The van der Waals surface area contributed by atoms with Gasteiger partial charge in [-0.05, 0) is 59.3 Å². The van der Waals surface area contributed by atoms with Crippen LogP contribution < -0.4 is 14.8 Å². The Morgan fingerprint density at radius 1 is 0.912 bits per heavy atom. The highest BCUT2D eigenvalue weighted by atomic mass is 19.4. The molecule has 0 aliphatic rings. The van der Waals surface area contributed by atoms with Gasteiger partial charge in [-0.1, -0.05) is 18.2 Å². The van der Waals surface area contributed by atoms with Gasteiger partial charge >= 0.3 is 6.36 Å². The highest BCUT2D eigenvalue weighted by Crippen LogP contribution is 2.34. The highest BCUT2D eigenvalue weighted by Gasteiger charge is 2.31. The van der Waals surface area contributed by atoms with Gasteiger partial charge in [-0.25, -0.2) is 9.97 Å². The third-order valence-corrected chi connectivity index (χ3v) is 4.94. The van der Waals surface area contributed by atoms with E-state index >= 15 is 0 Å². The Morgan fingerprint density at radius 2 is 1.71 bits per heavy atom. The number of H-pyrrole nitrogens is 1. The minimum atomic E-state index is -4.92. The number of para-hydroxylation sites is 1. The van der Waals surface area contributed by atoms with Crippen LogP contribution in [-0.2, 0) is 0 Å². The summed E-state index contributed by atoms with van der Waals surface area (Å²) in [5, 5.41) is 4.06. The number of alkyl halides is 3. The maximum Gasteiger partial charge on any atom is 0.573 e. The fourth-order valence-electron chi connectivity index (χ4n) is 3.53. The number of halogens is 3. The lowest BCUT2D eigenvalue weighted by Gasteiger charge is -2.14. The Labute approximate surface area is 190 Å². The van der Waals surface area contributed by atoms with Crippen LogP contribution in [0.25, 0.3) is 21.8 Å². The second-order valence-corrected chi connectivity index (χ2v) is 7.24. The van der Waals surface area contributed by atoms with Gasteiger partial charge in [0.05, 0.1) is 10.9 Å². The van der Waals surface area contributed by atoms with Crippen LogP contribution in [0.4, 0.5) is 18.9 Å². The Morgan fingerprint density at radius 3 is 2.50 bits per heavy atom. The number of ether oxygens (including phenoxy) is 2. The van der Waals surface area contributed by atoms with Crippen molar-refractivity contribution in [3.8, 4) is 17.4 Å². The van der Waals surface area contributed by atoms with Crippen LogP contribution in [-0.4, -0.2) is 27.2 Å². The molecule has 5 aromatic rings. The summed E-state index contributed by atoms with van der Waals surface area (Å²) in [6.07, 6.45) is -1.91. The number of fused-ring (bicyclic) bond motifs is 2. The summed E-state index contributed by atoms with van der Waals surface area (Å²) in [6, 6.07) is 17.3. The summed E-state index contributed by atoms with van der Waals surface area (Å²) < 4.78 is 48.8. The Kier molecular flexibility index (Phi) is 5.25. The van der Waals surface area contributed by atoms with E-state index in [2.05, 4.69) is 25.0 Å². The van der Waals surface area contributed by atoms with Gasteiger partial charge in [0.25, 0.3) is 5.91 Å². The molecule has 170 valence electrons. The van der Waals surface area contributed by atoms with Gasteiger partial charge in [-0.3, -0.25) is 4.79 Å². The first-order chi connectivity index (χ1) is 16.4. The number of hydrogen-bond donors (Lipinski definition) is 2. The summed E-state index contributed by atoms with van der Waals surface area (Å²) >= 11 is 0. The highest BCUT2D eigenvalue weighted by molar-refractivity contribution is 6.13. The number of amides is 1. The monoisotopic (exact) mass is 464 g/mol. The van der Waals surface area contributed by atoms with Crippen molar-refractivity contribution in [1.29, 1.82) is 0 Å². The Bertz CT molecular complexity index is 1500. The Hall–Kier alpha value is -4.60. The molecule has 1 amide bonds. The van der Waals surface area contributed by atoms with Crippen molar-refractivity contribution in [1.82, 2.24) is 15.0 Å². The largest absolute Gasteiger partial charge is 0.573 e. The molecule has 0 unspecified atom stereocenters. The molecular weight excluding hydrogens is 449 g/mol. The van der Waals surface area contributed by atoms with Gasteiger partial charge in [0.15, 0.2) is 0 Å². The number of aromatic amines is 1. The van der Waals surface area contributed by atoms with E-state index in [-0.39, 0.29) is 11.4 Å². The zero-order valence-corrected chi connectivity index (χ0v) is 17.3. The van der Waals surface area contributed by atoms with Gasteiger partial charge in [-0.2, -0.15) is 0 Å². The first-order valence-electron chi connectivity index (χ1n) is 10.0. The van der Waals surface area contributed by atoms with Gasteiger partial charge < -0.3 is 19.8 Å². The average molecular weight is 464 g/mol. The lowest BCUT2D eigenvalue weighted by Crippen LogP contribution is -2.18. The maximum absolute atomic E-state index is 12.9. The molecule has 10 heteroatoms. The number of aromatic nitrogens is 3. The van der Waals surface area contributed by atoms with Crippen LogP contribution in [0.2, 0.25) is 0 Å². The minimum Gasteiger partial charge on any atom is -0.438 e. The molecule has 7 nitrogen and oxygen atoms in total. The molecule has 2 N–H and O–H groups in total. The first-order valence-corrected chi connectivity index (χ1v) is 10.0. The molecule has 34 heavy (non-hydrogen) atoms. The molecule has 3 aromatic carbocycles. The number of nitrogens with one attached hydrogen (secondary N) is 2. The number of rotatable bonds is 5. The second kappa shape index (κ2) is 8.39. The molecule has 0 radical (unpaired) electrons. The van der Waals surface area contributed by atoms with E-state index in [1.165, 1.54) is 18.5 Å². The second-order valence-electron chi connectivity index (χ2n) is 7.24. The van der Waals surface area contributed by atoms with Crippen LogP contribution in [0.1, 0.15) is 10.4 Å². The number of anilines is 1. The number of benzene rings is 3. The van der Waals surface area contributed by atoms with E-state index in [1.807, 2.05) is 0 Å². The summed E-state index contributed by atoms with van der Waals surface area (Å²) in [4.78, 5) is 24.1. The molecule has 0 atom stereocenters. The molecule has 0 spiro atoms. The fourth-order valence-corrected chi connectivity index (χ4v) is 3.53. The van der Waals surface area contributed by atoms with Crippen LogP contribution in [0.3, 0.4) is 0 Å². The number of carbonyl (C=O) groups excluding carboxylic acids is 1. The fraction of sp³-hybridized carbons (Fsp3) is 0.0417. The first kappa shape index (κ1) is 21.3. The van der Waals surface area contributed by atoms with Crippen molar-refractivity contribution in [2.45, 2.75) is 6.36 Å². The van der Waals surface area contributed by atoms with Crippen molar-refractivity contribution in [3.63, 3.8) is 0 Å². The predicted octanol–water partition coefficient (Wildman–Crippen LogP) is 6.05. The summed E-state index contributed by atoms with van der Waals surface area (Å²) in [7, 11) is 0. The number of nitrogens with zero attached hydrogens (tertiary/aromatic N) is 2. The number of hydrogen-bond acceptors (Lipinski definition) is 5. The third kappa shape index (κ3) is 4.46. The van der Waals surface area contributed by atoms with E-state index < -0.39 is 18.0 Å². The van der Waals surface area contributed by atoms with Crippen LogP contribution in [0.15, 0.2) is 79.3 Å². The molecule has 5 rings (SSSR count). The predicted molar refractivity (Wildman–Crippen MR) is 119 cm³/mol. The molecule has 0 saturated heterocycles. The molecule has 0 aliphatic heterocycles. The lowest BCUT2D eigenvalue weighted by atomic mass is 10.0. The van der Waals surface area contributed by atoms with E-state index in [4.69, 9.17) is 4.74 Å². The van der Waals surface area contributed by atoms with Crippen LogP contribution in [0, 0.1) is 0 Å². The van der Waals surface area contributed by atoms with Crippen molar-refractivity contribution < 1.29 is 27.4 Å². The minimum absolute atomic E-state index is 0.0159. The molecule has 0 bridgehead atoms. The van der Waals surface area contributed by atoms with E-state index in [0.717, 1.165) is 6.07 Å². The zero-order chi connectivity index (χ0) is 23.7. The topological polar surface area (TPSA) is 89.1 Å². The smallest absolute Gasteiger partial charge is 0.438 e. The van der Waals surface area contributed by atoms with Crippen LogP contribution in [0.5, 0.6) is 17.4 Å². The standard InChI is InChI=1S/C24H15F3N4O3/c25-24(26,27)34-17-11-14-10-16(33-23-19-8-9-28-21(19)29-13-30-23)6-7-18(14)20(12-17)22(32)31-15-4-2-1-3-5-15/h1-13H,(H,31,32)(H,28,29,30). The molecule has 2 aromatic heterocycles. The summed E-state index contributed by atoms with van der Waals surface area (Å²) in [5.41, 5.74) is 1.09. The quantitative estimate of drug-likeness (QED) is 0.330. The third-order valence-electron chi connectivity index (χ3n) is 4.94. The normalized spacial score (nSPS) is 11.5. The van der Waals surface area contributed by atoms with Crippen molar-refractivity contribution in [3.05, 3.63) is 84.8 Å². The lowest BCUT2D eigenvalue weighted by molar-refractivity contribution is -0.274. The summed E-state index contributed by atoms with van der Waals surface area (Å²) in [5.74, 6) is -0.518. The van der Waals surface area contributed by atoms with Crippen molar-refractivity contribution >= 4 is 33.4 Å². The van der Waals surface area contributed by atoms with Crippen LogP contribution >= 0.6 is 0 Å². The van der Waals surface area contributed by atoms with E-state index in [1.54, 1.807) is 54.7 Å². The molecule has 0 aliphatic carbocycles. The Balaban J connectivity index is 1.55. The van der Waals surface area contributed by atoms with Gasteiger partial charge in [0.1, 0.15) is 23.5 Å². The van der Waals surface area contributed by atoms with Crippen molar-refractivity contribution in [2.75, 3.05) is 5.32 Å². The molecule has 0 saturated carbocycles. The molecule has 2 heterocycles. The SMILES string of the molecule is O=C(Nc1ccccc1)c1cc(OC(F)(F)F)cc2cc(Oc3ncnc4[nH]ccc34)ccc12.